The largest absolute Gasteiger partial charge is 0.465 e. The van der Waals surface area contributed by atoms with Crippen molar-refractivity contribution < 1.29 is 18.3 Å². The SMILES string of the molecule is O=C(O)N1CC(NS(=O)(=O)c2ccc(Cl)s2)C1. The lowest BCUT2D eigenvalue weighted by Crippen LogP contribution is -2.60. The fraction of sp³-hybridized carbons (Fsp3) is 0.375. The van der Waals surface area contributed by atoms with Crippen molar-refractivity contribution in [3.63, 3.8) is 0 Å². The van der Waals surface area contributed by atoms with Crippen LogP contribution in [0.3, 0.4) is 0 Å². The van der Waals surface area contributed by atoms with Crippen LogP contribution < -0.4 is 4.72 Å². The number of amides is 1. The second kappa shape index (κ2) is 4.45. The molecule has 2 heterocycles. The number of carboxylic acid groups (broad SMARTS) is 1. The minimum absolute atomic E-state index is 0.135. The third-order valence-corrected chi connectivity index (χ3v) is 5.53. The molecule has 0 bridgehead atoms. The van der Waals surface area contributed by atoms with E-state index < -0.39 is 16.1 Å². The number of likely N-dealkylation sites (tertiary alicyclic amines) is 1. The van der Waals surface area contributed by atoms with Crippen LogP contribution in [-0.4, -0.2) is 43.6 Å². The summed E-state index contributed by atoms with van der Waals surface area (Å²) in [6.07, 6.45) is -1.04. The van der Waals surface area contributed by atoms with E-state index in [1.807, 2.05) is 0 Å². The molecule has 1 aromatic heterocycles. The molecule has 2 rings (SSSR count). The van der Waals surface area contributed by atoms with Crippen LogP contribution in [0.5, 0.6) is 0 Å². The summed E-state index contributed by atoms with van der Waals surface area (Å²) in [5.74, 6) is 0. The van der Waals surface area contributed by atoms with Crippen LogP contribution in [0, 0.1) is 0 Å². The van der Waals surface area contributed by atoms with Crippen LogP contribution in [0.1, 0.15) is 0 Å². The number of hydrogen-bond donors (Lipinski definition) is 2. The van der Waals surface area contributed by atoms with Gasteiger partial charge < -0.3 is 10.0 Å². The van der Waals surface area contributed by atoms with Crippen molar-refractivity contribution in [1.82, 2.24) is 9.62 Å². The molecular weight excluding hydrogens is 288 g/mol. The highest BCUT2D eigenvalue weighted by Gasteiger charge is 2.34. The van der Waals surface area contributed by atoms with Gasteiger partial charge in [-0.05, 0) is 12.1 Å². The molecule has 1 fully saturated rings. The van der Waals surface area contributed by atoms with Gasteiger partial charge in [0, 0.05) is 13.1 Å². The van der Waals surface area contributed by atoms with Gasteiger partial charge in [0.1, 0.15) is 4.21 Å². The highest BCUT2D eigenvalue weighted by atomic mass is 35.5. The van der Waals surface area contributed by atoms with Gasteiger partial charge in [-0.2, -0.15) is 0 Å². The molecule has 94 valence electrons. The predicted octanol–water partition coefficient (Wildman–Crippen LogP) is 1.04. The van der Waals surface area contributed by atoms with Crippen LogP contribution in [-0.2, 0) is 10.0 Å². The fourth-order valence-electron chi connectivity index (χ4n) is 1.43. The highest BCUT2D eigenvalue weighted by Crippen LogP contribution is 2.26. The molecule has 0 aliphatic carbocycles. The number of sulfonamides is 1. The van der Waals surface area contributed by atoms with Crippen molar-refractivity contribution in [2.45, 2.75) is 10.3 Å². The van der Waals surface area contributed by atoms with E-state index in [1.165, 1.54) is 12.1 Å². The lowest BCUT2D eigenvalue weighted by Gasteiger charge is -2.36. The van der Waals surface area contributed by atoms with Crippen LogP contribution in [0.15, 0.2) is 16.3 Å². The Hall–Kier alpha value is -0.830. The summed E-state index contributed by atoms with van der Waals surface area (Å²) in [6.45, 7) is 0.349. The van der Waals surface area contributed by atoms with Crippen molar-refractivity contribution in [1.29, 1.82) is 0 Å². The maximum atomic E-state index is 11.8. The average Bonchev–Trinajstić information content (AvgIpc) is 2.57. The van der Waals surface area contributed by atoms with Gasteiger partial charge in [0.05, 0.1) is 10.4 Å². The van der Waals surface area contributed by atoms with Gasteiger partial charge >= 0.3 is 6.09 Å². The van der Waals surface area contributed by atoms with E-state index in [9.17, 15) is 13.2 Å². The Morgan fingerprint density at radius 1 is 1.53 bits per heavy atom. The molecular formula is C8H9ClN2O4S2. The molecule has 1 saturated heterocycles. The number of nitrogens with zero attached hydrogens (tertiary/aromatic N) is 1. The fourth-order valence-corrected chi connectivity index (χ4v) is 4.15. The number of hydrogen-bond acceptors (Lipinski definition) is 4. The first-order valence-corrected chi connectivity index (χ1v) is 7.32. The monoisotopic (exact) mass is 296 g/mol. The minimum Gasteiger partial charge on any atom is -0.465 e. The number of nitrogens with one attached hydrogen (secondary N) is 1. The van der Waals surface area contributed by atoms with Crippen molar-refractivity contribution in [3.05, 3.63) is 16.5 Å². The molecule has 17 heavy (non-hydrogen) atoms. The van der Waals surface area contributed by atoms with Gasteiger partial charge in [0.2, 0.25) is 10.0 Å². The zero-order valence-electron chi connectivity index (χ0n) is 8.46. The van der Waals surface area contributed by atoms with Crippen LogP contribution >= 0.6 is 22.9 Å². The molecule has 9 heteroatoms. The smallest absolute Gasteiger partial charge is 0.407 e. The zero-order chi connectivity index (χ0) is 12.6. The van der Waals surface area contributed by atoms with E-state index in [-0.39, 0.29) is 23.3 Å². The van der Waals surface area contributed by atoms with Crippen molar-refractivity contribution in [3.8, 4) is 0 Å². The molecule has 2 N–H and O–H groups in total. The first kappa shape index (κ1) is 12.6. The number of carbonyl (C=O) groups is 1. The molecule has 1 amide bonds. The van der Waals surface area contributed by atoms with Crippen LogP contribution in [0.2, 0.25) is 4.34 Å². The lowest BCUT2D eigenvalue weighted by molar-refractivity contribution is 0.102. The van der Waals surface area contributed by atoms with E-state index in [4.69, 9.17) is 16.7 Å². The van der Waals surface area contributed by atoms with E-state index in [0.29, 0.717) is 4.34 Å². The topological polar surface area (TPSA) is 86.7 Å². The molecule has 0 radical (unpaired) electrons. The molecule has 0 spiro atoms. The standard InChI is InChI=1S/C8H9ClN2O4S2/c9-6-1-2-7(16-6)17(14,15)10-5-3-11(4-5)8(12)13/h1-2,5,10H,3-4H2,(H,12,13). The quantitative estimate of drug-likeness (QED) is 0.872. The highest BCUT2D eigenvalue weighted by molar-refractivity contribution is 7.91. The number of rotatable bonds is 3. The molecule has 1 aliphatic rings. The number of thiophene rings is 1. The molecule has 0 aromatic carbocycles. The average molecular weight is 297 g/mol. The van der Waals surface area contributed by atoms with Gasteiger partial charge in [-0.1, -0.05) is 11.6 Å². The Morgan fingerprint density at radius 2 is 2.18 bits per heavy atom. The van der Waals surface area contributed by atoms with E-state index in [1.54, 1.807) is 0 Å². The summed E-state index contributed by atoms with van der Waals surface area (Å²) in [7, 11) is -3.58. The maximum absolute atomic E-state index is 11.8. The third-order valence-electron chi connectivity index (χ3n) is 2.29. The van der Waals surface area contributed by atoms with Gasteiger partial charge in [0.15, 0.2) is 0 Å². The summed E-state index contributed by atoms with van der Waals surface area (Å²) in [5, 5.41) is 8.60. The molecule has 0 atom stereocenters. The van der Waals surface area contributed by atoms with Crippen molar-refractivity contribution in [2.24, 2.45) is 0 Å². The molecule has 0 unspecified atom stereocenters. The first-order chi connectivity index (χ1) is 7.88. The summed E-state index contributed by atoms with van der Waals surface area (Å²) < 4.78 is 26.6. The Kier molecular flexibility index (Phi) is 3.30. The maximum Gasteiger partial charge on any atom is 0.407 e. The van der Waals surface area contributed by atoms with Gasteiger partial charge in [0.25, 0.3) is 0 Å². The van der Waals surface area contributed by atoms with E-state index in [0.717, 1.165) is 16.2 Å². The first-order valence-electron chi connectivity index (χ1n) is 4.64. The van der Waals surface area contributed by atoms with E-state index in [2.05, 4.69) is 4.72 Å². The number of halogens is 1. The summed E-state index contributed by atoms with van der Waals surface area (Å²) >= 11 is 6.62. The summed E-state index contributed by atoms with van der Waals surface area (Å²) in [5.41, 5.74) is 0. The summed E-state index contributed by atoms with van der Waals surface area (Å²) in [6, 6.07) is 2.56. The lowest BCUT2D eigenvalue weighted by atomic mass is 10.1. The second-order valence-electron chi connectivity index (χ2n) is 3.56. The third kappa shape index (κ3) is 2.71. The summed E-state index contributed by atoms with van der Waals surface area (Å²) in [4.78, 5) is 11.6. The van der Waals surface area contributed by atoms with Crippen molar-refractivity contribution >= 4 is 39.1 Å². The van der Waals surface area contributed by atoms with Crippen LogP contribution in [0.25, 0.3) is 0 Å². The Morgan fingerprint density at radius 3 is 2.65 bits per heavy atom. The molecule has 0 saturated carbocycles. The predicted molar refractivity (Wildman–Crippen MR) is 63.0 cm³/mol. The van der Waals surface area contributed by atoms with Crippen molar-refractivity contribution in [2.75, 3.05) is 13.1 Å². The second-order valence-corrected chi connectivity index (χ2v) is 7.22. The Bertz CT molecular complexity index is 535. The van der Waals surface area contributed by atoms with Gasteiger partial charge in [-0.15, -0.1) is 11.3 Å². The van der Waals surface area contributed by atoms with Gasteiger partial charge in [-0.25, -0.2) is 17.9 Å². The Labute approximate surface area is 107 Å². The normalized spacial score (nSPS) is 16.9. The van der Waals surface area contributed by atoms with Gasteiger partial charge in [-0.3, -0.25) is 0 Å². The molecule has 1 aromatic rings. The molecule has 6 nitrogen and oxygen atoms in total. The Balaban J connectivity index is 1.98. The molecule has 1 aliphatic heterocycles. The minimum atomic E-state index is -3.58. The van der Waals surface area contributed by atoms with Crippen LogP contribution in [0.4, 0.5) is 4.79 Å². The zero-order valence-corrected chi connectivity index (χ0v) is 10.8. The van der Waals surface area contributed by atoms with E-state index >= 15 is 0 Å².